The number of nitrogens with zero attached hydrogens (tertiary/aromatic N) is 2. The molecule has 3 aromatic heterocycles. The van der Waals surface area contributed by atoms with Gasteiger partial charge in [-0.2, -0.15) is 0 Å². The molecule has 10 aromatic rings. The number of hydrogen-bond acceptors (Lipinski definition) is 5. The Morgan fingerprint density at radius 2 is 0.656 bits per heavy atom. The maximum absolute atomic E-state index is 11.9. The number of hydrogen-bond donors (Lipinski definition) is 5. The summed E-state index contributed by atoms with van der Waals surface area (Å²) in [7, 11) is 0. The average Bonchev–Trinajstić information content (AvgIpc) is 4.17. The molecule has 5 N–H and O–H groups in total. The Balaban J connectivity index is 1.31. The van der Waals surface area contributed by atoms with Crippen LogP contribution in [0, 0.1) is 6.92 Å². The van der Waals surface area contributed by atoms with E-state index in [1.807, 2.05) is 133 Å². The first-order valence-electron chi connectivity index (χ1n) is 21.2. The SMILES string of the molecule is Cc1ccc(-c2c3nc(c(-c4c(O)ccc5ccccc45)c4ccc([nH]4)c(-c4c(O)ccc5ccccc45)c4nc(c(-c5c(O)ccc6ccccc56)c5ccc2[nH]5)C=C4)C=C3)cc1. The first-order chi connectivity index (χ1) is 31.4. The van der Waals surface area contributed by atoms with Gasteiger partial charge in [0.25, 0.3) is 0 Å². The van der Waals surface area contributed by atoms with E-state index in [-0.39, 0.29) is 17.2 Å². The third kappa shape index (κ3) is 5.90. The van der Waals surface area contributed by atoms with Crippen LogP contribution in [0.1, 0.15) is 28.3 Å². The molecule has 0 amide bonds. The van der Waals surface area contributed by atoms with Crippen molar-refractivity contribution in [1.29, 1.82) is 0 Å². The van der Waals surface area contributed by atoms with Crippen molar-refractivity contribution >= 4 is 78.7 Å². The van der Waals surface area contributed by atoms with Gasteiger partial charge in [-0.05, 0) is 112 Å². The maximum atomic E-state index is 11.9. The monoisotopic (exact) mass is 826 g/mol. The lowest BCUT2D eigenvalue weighted by atomic mass is 9.95. The number of aromatic hydroxyl groups is 3. The van der Waals surface area contributed by atoms with E-state index in [0.717, 1.165) is 71.3 Å². The molecule has 5 heterocycles. The lowest BCUT2D eigenvalue weighted by molar-refractivity contribution is 0.477. The summed E-state index contributed by atoms with van der Waals surface area (Å²) in [4.78, 5) is 18.4. The third-order valence-electron chi connectivity index (χ3n) is 12.6. The van der Waals surface area contributed by atoms with Gasteiger partial charge in [0, 0.05) is 61.0 Å². The van der Waals surface area contributed by atoms with Gasteiger partial charge in [0.05, 0.1) is 22.8 Å². The topological polar surface area (TPSA) is 118 Å². The summed E-state index contributed by atoms with van der Waals surface area (Å²) >= 11 is 0. The number of fused-ring (bicyclic) bond motifs is 11. The molecule has 0 fully saturated rings. The van der Waals surface area contributed by atoms with Crippen LogP contribution in [0.5, 0.6) is 17.2 Å². The van der Waals surface area contributed by atoms with Gasteiger partial charge in [-0.25, -0.2) is 9.97 Å². The number of phenols is 3. The van der Waals surface area contributed by atoms with E-state index in [4.69, 9.17) is 9.97 Å². The summed E-state index contributed by atoms with van der Waals surface area (Å²) in [6, 6.07) is 51.6. The van der Waals surface area contributed by atoms with Crippen LogP contribution in [-0.2, 0) is 0 Å². The summed E-state index contributed by atoms with van der Waals surface area (Å²) in [6.45, 7) is 2.07. The van der Waals surface area contributed by atoms with Crippen LogP contribution in [-0.4, -0.2) is 35.3 Å². The van der Waals surface area contributed by atoms with E-state index in [2.05, 4.69) is 47.2 Å². The highest BCUT2D eigenvalue weighted by molar-refractivity contribution is 6.11. The molecule has 12 rings (SSSR count). The zero-order valence-corrected chi connectivity index (χ0v) is 34.6. The Morgan fingerprint density at radius 3 is 1.03 bits per heavy atom. The summed E-state index contributed by atoms with van der Waals surface area (Å²) in [5.41, 5.74) is 12.7. The number of phenolic OH excluding ortho intramolecular Hbond substituents is 3. The molecular formula is C57H38N4O3. The molecule has 0 radical (unpaired) electrons. The zero-order valence-electron chi connectivity index (χ0n) is 34.6. The first-order valence-corrected chi connectivity index (χ1v) is 21.2. The molecule has 2 aliphatic heterocycles. The van der Waals surface area contributed by atoms with E-state index >= 15 is 0 Å². The van der Waals surface area contributed by atoms with Crippen LogP contribution in [0.3, 0.4) is 0 Å². The number of aryl methyl sites for hydroxylation is 1. The molecule has 7 heteroatoms. The van der Waals surface area contributed by atoms with Crippen LogP contribution in [0.15, 0.2) is 158 Å². The highest BCUT2D eigenvalue weighted by Crippen LogP contribution is 2.46. The molecule has 0 saturated heterocycles. The fourth-order valence-corrected chi connectivity index (χ4v) is 9.59. The standard InChI is InChI=1S/C57H38N4O3/c1-32-14-16-36(17-15-32)51-40-21-23-42(58-40)55(52-37-11-5-2-8-33(37)18-29-48(52)62)44-25-27-46(60-44)57(54-39-13-7-4-10-35(39)20-31-50(54)64)47-28-26-45(61-47)56(43-24-22-41(51)59-43)53-38-12-6-3-9-34(38)19-30-49(53)63/h2-31,58,61-64H,1H3. The lowest BCUT2D eigenvalue weighted by Crippen LogP contribution is -1.92. The van der Waals surface area contributed by atoms with E-state index in [1.165, 1.54) is 0 Å². The van der Waals surface area contributed by atoms with Gasteiger partial charge in [-0.3, -0.25) is 0 Å². The van der Waals surface area contributed by atoms with Crippen LogP contribution >= 0.6 is 0 Å². The molecule has 304 valence electrons. The van der Waals surface area contributed by atoms with Gasteiger partial charge in [-0.15, -0.1) is 0 Å². The van der Waals surface area contributed by atoms with E-state index in [1.54, 1.807) is 18.2 Å². The minimum absolute atomic E-state index is 0.103. The van der Waals surface area contributed by atoms with Gasteiger partial charge in [-0.1, -0.05) is 121 Å². The molecule has 0 saturated carbocycles. The second-order valence-corrected chi connectivity index (χ2v) is 16.4. The highest BCUT2D eigenvalue weighted by atomic mass is 16.3. The third-order valence-corrected chi connectivity index (χ3v) is 12.6. The average molecular weight is 827 g/mol. The van der Waals surface area contributed by atoms with Crippen molar-refractivity contribution in [3.63, 3.8) is 0 Å². The summed E-state index contributed by atoms with van der Waals surface area (Å²) in [6.07, 6.45) is 8.01. The number of aromatic nitrogens is 4. The Morgan fingerprint density at radius 1 is 0.328 bits per heavy atom. The number of benzene rings is 7. The fraction of sp³-hybridized carbons (Fsp3) is 0.0175. The van der Waals surface area contributed by atoms with Crippen LogP contribution in [0.4, 0.5) is 0 Å². The molecule has 7 nitrogen and oxygen atoms in total. The predicted molar refractivity (Wildman–Crippen MR) is 263 cm³/mol. The van der Waals surface area contributed by atoms with Crippen molar-refractivity contribution in [3.8, 4) is 61.8 Å². The minimum atomic E-state index is 0.103. The molecule has 8 bridgehead atoms. The normalized spacial score (nSPS) is 12.2. The molecule has 0 unspecified atom stereocenters. The van der Waals surface area contributed by atoms with Crippen molar-refractivity contribution in [2.24, 2.45) is 0 Å². The fourth-order valence-electron chi connectivity index (χ4n) is 9.59. The Bertz CT molecular complexity index is 3750. The van der Waals surface area contributed by atoms with Gasteiger partial charge in [0.1, 0.15) is 17.2 Å². The van der Waals surface area contributed by atoms with Gasteiger partial charge in [0.2, 0.25) is 0 Å². The van der Waals surface area contributed by atoms with Crippen LogP contribution in [0.2, 0.25) is 0 Å². The van der Waals surface area contributed by atoms with Gasteiger partial charge >= 0.3 is 0 Å². The Labute approximate surface area is 367 Å². The molecule has 64 heavy (non-hydrogen) atoms. The van der Waals surface area contributed by atoms with E-state index in [0.29, 0.717) is 56.0 Å². The van der Waals surface area contributed by atoms with Crippen molar-refractivity contribution in [2.45, 2.75) is 6.92 Å². The van der Waals surface area contributed by atoms with E-state index in [9.17, 15) is 15.3 Å². The lowest BCUT2D eigenvalue weighted by Gasteiger charge is -2.12. The molecule has 0 spiro atoms. The molecule has 0 atom stereocenters. The quantitative estimate of drug-likeness (QED) is 0.121. The first kappa shape index (κ1) is 37.1. The minimum Gasteiger partial charge on any atom is -0.507 e. The maximum Gasteiger partial charge on any atom is 0.124 e. The van der Waals surface area contributed by atoms with Gasteiger partial charge in [0.15, 0.2) is 0 Å². The molecule has 0 aliphatic carbocycles. The Hall–Kier alpha value is -8.68. The molecule has 7 aromatic carbocycles. The van der Waals surface area contributed by atoms with Crippen LogP contribution in [0.25, 0.3) is 123 Å². The number of rotatable bonds is 4. The second-order valence-electron chi connectivity index (χ2n) is 16.4. The molecular weight excluding hydrogens is 789 g/mol. The smallest absolute Gasteiger partial charge is 0.124 e. The number of nitrogens with one attached hydrogen (secondary N) is 2. The summed E-state index contributed by atoms with van der Waals surface area (Å²) in [5, 5.41) is 41.2. The summed E-state index contributed by atoms with van der Waals surface area (Å²) in [5.74, 6) is 0.350. The van der Waals surface area contributed by atoms with Crippen LogP contribution < -0.4 is 0 Å². The van der Waals surface area contributed by atoms with Crippen molar-refractivity contribution < 1.29 is 15.3 Å². The van der Waals surface area contributed by atoms with Crippen molar-refractivity contribution in [1.82, 2.24) is 19.9 Å². The second kappa shape index (κ2) is 14.5. The predicted octanol–water partition coefficient (Wildman–Crippen LogP) is 14.2. The van der Waals surface area contributed by atoms with E-state index < -0.39 is 0 Å². The van der Waals surface area contributed by atoms with Crippen molar-refractivity contribution in [2.75, 3.05) is 0 Å². The van der Waals surface area contributed by atoms with Gasteiger partial charge < -0.3 is 25.3 Å². The van der Waals surface area contributed by atoms with Crippen molar-refractivity contribution in [3.05, 3.63) is 186 Å². The molecule has 2 aliphatic rings. The highest BCUT2D eigenvalue weighted by Gasteiger charge is 2.24. The number of H-pyrrole nitrogens is 2. The zero-order chi connectivity index (χ0) is 43.1. The Kier molecular flexibility index (Phi) is 8.39. The summed E-state index contributed by atoms with van der Waals surface area (Å²) < 4.78 is 0. The largest absolute Gasteiger partial charge is 0.507 e. The number of aromatic amines is 2.